The fraction of sp³-hybridized carbons (Fsp3) is 0.125. The molecule has 0 radical (unpaired) electrons. The van der Waals surface area contributed by atoms with Gasteiger partial charge in [0, 0.05) is 6.20 Å². The zero-order chi connectivity index (χ0) is 10.1. The first-order chi connectivity index (χ1) is 6.72. The van der Waals surface area contributed by atoms with Gasteiger partial charge in [-0.2, -0.15) is 0 Å². The minimum absolute atomic E-state index is 0.248. The second kappa shape index (κ2) is 3.38. The summed E-state index contributed by atoms with van der Waals surface area (Å²) in [5, 5.41) is 0. The monoisotopic (exact) mass is 255 g/mol. The first kappa shape index (κ1) is 9.14. The van der Waals surface area contributed by atoms with Crippen molar-refractivity contribution in [1.82, 2.24) is 14.4 Å². The van der Waals surface area contributed by atoms with Crippen molar-refractivity contribution in [2.45, 2.75) is 0 Å². The van der Waals surface area contributed by atoms with Crippen molar-refractivity contribution in [3.05, 3.63) is 28.8 Å². The summed E-state index contributed by atoms with van der Waals surface area (Å²) >= 11 is 3.29. The average molecular weight is 256 g/mol. The minimum Gasteiger partial charge on any atom is -0.464 e. The molecule has 2 aromatic rings. The highest BCUT2D eigenvalue weighted by Gasteiger charge is 2.09. The first-order valence-electron chi connectivity index (χ1n) is 3.80. The Morgan fingerprint density at radius 3 is 3.14 bits per heavy atom. The smallest absolute Gasteiger partial charge is 0.356 e. The topological polar surface area (TPSA) is 56.5 Å². The van der Waals surface area contributed by atoms with E-state index in [0.29, 0.717) is 5.78 Å². The lowest BCUT2D eigenvalue weighted by atomic mass is 10.4. The van der Waals surface area contributed by atoms with Crippen LogP contribution in [-0.2, 0) is 4.74 Å². The molecule has 2 heterocycles. The molecule has 0 fully saturated rings. The SMILES string of the molecule is COC(=O)c1ccn2c(Br)cnc2n1. The number of imidazole rings is 1. The van der Waals surface area contributed by atoms with Gasteiger partial charge in [0.25, 0.3) is 0 Å². The molecule has 2 rings (SSSR count). The van der Waals surface area contributed by atoms with E-state index in [1.165, 1.54) is 7.11 Å². The largest absolute Gasteiger partial charge is 0.464 e. The van der Waals surface area contributed by atoms with Crippen LogP contribution < -0.4 is 0 Å². The van der Waals surface area contributed by atoms with Crippen LogP contribution in [0.1, 0.15) is 10.5 Å². The number of aromatic nitrogens is 3. The maximum atomic E-state index is 11.1. The molecular formula is C8H6BrN3O2. The first-order valence-corrected chi connectivity index (χ1v) is 4.59. The van der Waals surface area contributed by atoms with Gasteiger partial charge in [-0.1, -0.05) is 0 Å². The van der Waals surface area contributed by atoms with Crippen LogP contribution >= 0.6 is 15.9 Å². The van der Waals surface area contributed by atoms with E-state index in [1.807, 2.05) is 0 Å². The summed E-state index contributed by atoms with van der Waals surface area (Å²) in [6.45, 7) is 0. The number of hydrogen-bond acceptors (Lipinski definition) is 4. The van der Waals surface area contributed by atoms with Gasteiger partial charge in [-0.3, -0.25) is 4.40 Å². The molecule has 0 spiro atoms. The predicted molar refractivity (Wildman–Crippen MR) is 52.0 cm³/mol. The van der Waals surface area contributed by atoms with Crippen molar-refractivity contribution < 1.29 is 9.53 Å². The zero-order valence-electron chi connectivity index (χ0n) is 7.27. The van der Waals surface area contributed by atoms with E-state index in [4.69, 9.17) is 0 Å². The fourth-order valence-corrected chi connectivity index (χ4v) is 1.44. The molecule has 5 nitrogen and oxygen atoms in total. The second-order valence-electron chi connectivity index (χ2n) is 2.56. The normalized spacial score (nSPS) is 10.4. The summed E-state index contributed by atoms with van der Waals surface area (Å²) in [5.74, 6) is -0.00797. The molecule has 0 aliphatic carbocycles. The Morgan fingerprint density at radius 2 is 2.43 bits per heavy atom. The van der Waals surface area contributed by atoms with Crippen molar-refractivity contribution >= 4 is 27.7 Å². The van der Waals surface area contributed by atoms with E-state index in [9.17, 15) is 4.79 Å². The molecule has 0 unspecified atom stereocenters. The van der Waals surface area contributed by atoms with Gasteiger partial charge in [0.2, 0.25) is 5.78 Å². The number of fused-ring (bicyclic) bond motifs is 1. The van der Waals surface area contributed by atoms with Crippen molar-refractivity contribution in [3.63, 3.8) is 0 Å². The number of carbonyl (C=O) groups is 1. The molecule has 2 aromatic heterocycles. The van der Waals surface area contributed by atoms with Crippen LogP contribution in [0.2, 0.25) is 0 Å². The number of halogens is 1. The van der Waals surface area contributed by atoms with Gasteiger partial charge >= 0.3 is 5.97 Å². The average Bonchev–Trinajstić information content (AvgIpc) is 2.59. The zero-order valence-corrected chi connectivity index (χ0v) is 8.85. The Kier molecular flexibility index (Phi) is 2.20. The van der Waals surface area contributed by atoms with E-state index >= 15 is 0 Å². The Morgan fingerprint density at radius 1 is 1.64 bits per heavy atom. The van der Waals surface area contributed by atoms with Gasteiger partial charge in [-0.05, 0) is 22.0 Å². The Labute approximate surface area is 87.9 Å². The lowest BCUT2D eigenvalue weighted by Gasteiger charge is -1.98. The molecule has 72 valence electrons. The fourth-order valence-electron chi connectivity index (χ4n) is 1.06. The third kappa shape index (κ3) is 1.37. The summed E-state index contributed by atoms with van der Waals surface area (Å²) < 4.78 is 7.04. The van der Waals surface area contributed by atoms with Gasteiger partial charge in [0.1, 0.15) is 4.60 Å². The Balaban J connectivity index is 2.57. The summed E-state index contributed by atoms with van der Waals surface area (Å²) in [4.78, 5) is 19.1. The summed E-state index contributed by atoms with van der Waals surface area (Å²) in [6, 6.07) is 1.57. The van der Waals surface area contributed by atoms with Crippen molar-refractivity contribution in [3.8, 4) is 0 Å². The summed E-state index contributed by atoms with van der Waals surface area (Å²) in [7, 11) is 1.32. The second-order valence-corrected chi connectivity index (χ2v) is 3.37. The van der Waals surface area contributed by atoms with Crippen LogP contribution in [0.3, 0.4) is 0 Å². The van der Waals surface area contributed by atoms with Crippen LogP contribution in [0, 0.1) is 0 Å². The van der Waals surface area contributed by atoms with Crippen LogP contribution in [-0.4, -0.2) is 27.4 Å². The van der Waals surface area contributed by atoms with E-state index in [2.05, 4.69) is 30.6 Å². The highest BCUT2D eigenvalue weighted by Crippen LogP contribution is 2.11. The van der Waals surface area contributed by atoms with E-state index in [1.54, 1.807) is 22.9 Å². The number of esters is 1. The molecule has 0 atom stereocenters. The molecule has 0 N–H and O–H groups in total. The van der Waals surface area contributed by atoms with Crippen LogP contribution in [0.5, 0.6) is 0 Å². The number of ether oxygens (including phenoxy) is 1. The van der Waals surface area contributed by atoms with Crippen LogP contribution in [0.25, 0.3) is 5.78 Å². The van der Waals surface area contributed by atoms with Crippen molar-refractivity contribution in [2.24, 2.45) is 0 Å². The third-order valence-electron chi connectivity index (χ3n) is 1.73. The van der Waals surface area contributed by atoms with Crippen molar-refractivity contribution in [2.75, 3.05) is 7.11 Å². The minimum atomic E-state index is -0.466. The number of methoxy groups -OCH3 is 1. The summed E-state index contributed by atoms with van der Waals surface area (Å²) in [5.41, 5.74) is 0.248. The maximum absolute atomic E-state index is 11.1. The van der Waals surface area contributed by atoms with Gasteiger partial charge in [0.05, 0.1) is 13.3 Å². The Hall–Kier alpha value is -1.43. The number of nitrogens with zero attached hydrogens (tertiary/aromatic N) is 3. The van der Waals surface area contributed by atoms with Gasteiger partial charge < -0.3 is 4.74 Å². The molecule has 0 amide bonds. The van der Waals surface area contributed by atoms with E-state index < -0.39 is 5.97 Å². The lowest BCUT2D eigenvalue weighted by Crippen LogP contribution is -2.05. The molecular weight excluding hydrogens is 250 g/mol. The van der Waals surface area contributed by atoms with Gasteiger partial charge in [0.15, 0.2) is 5.69 Å². The molecule has 0 bridgehead atoms. The number of rotatable bonds is 1. The Bertz CT molecular complexity index is 494. The highest BCUT2D eigenvalue weighted by molar-refractivity contribution is 9.10. The number of hydrogen-bond donors (Lipinski definition) is 0. The quantitative estimate of drug-likeness (QED) is 0.721. The molecule has 0 saturated carbocycles. The predicted octanol–water partition coefficient (Wildman–Crippen LogP) is 1.28. The molecule has 0 saturated heterocycles. The molecule has 14 heavy (non-hydrogen) atoms. The van der Waals surface area contributed by atoms with Crippen LogP contribution in [0.4, 0.5) is 0 Å². The third-order valence-corrected chi connectivity index (χ3v) is 2.32. The van der Waals surface area contributed by atoms with Crippen LogP contribution in [0.15, 0.2) is 23.1 Å². The van der Waals surface area contributed by atoms with Crippen molar-refractivity contribution in [1.29, 1.82) is 0 Å². The van der Waals surface area contributed by atoms with Gasteiger partial charge in [-0.25, -0.2) is 14.8 Å². The molecule has 0 aliphatic heterocycles. The lowest BCUT2D eigenvalue weighted by molar-refractivity contribution is 0.0594. The van der Waals surface area contributed by atoms with Gasteiger partial charge in [-0.15, -0.1) is 0 Å². The van der Waals surface area contributed by atoms with E-state index in [0.717, 1.165) is 4.60 Å². The molecule has 0 aromatic carbocycles. The highest BCUT2D eigenvalue weighted by atomic mass is 79.9. The standard InChI is InChI=1S/C8H6BrN3O2/c1-14-7(13)5-2-3-12-6(9)4-10-8(12)11-5/h2-4H,1H3. The number of carbonyl (C=O) groups excluding carboxylic acids is 1. The molecule has 6 heteroatoms. The maximum Gasteiger partial charge on any atom is 0.356 e. The van der Waals surface area contributed by atoms with E-state index in [-0.39, 0.29) is 5.69 Å². The molecule has 0 aliphatic rings. The summed E-state index contributed by atoms with van der Waals surface area (Å²) in [6.07, 6.45) is 3.31.